The molecule has 0 radical (unpaired) electrons. The molecule has 39 heavy (non-hydrogen) atoms. The van der Waals surface area contributed by atoms with Gasteiger partial charge in [-0.3, -0.25) is 0 Å². The molecule has 0 unspecified atom stereocenters. The average molecular weight is 566 g/mol. The fourth-order valence-electron chi connectivity index (χ4n) is 4.62. The summed E-state index contributed by atoms with van der Waals surface area (Å²) in [4.78, 5) is 14.3. The van der Waals surface area contributed by atoms with E-state index < -0.39 is 5.97 Å². The molecule has 0 bridgehead atoms. The normalized spacial score (nSPS) is 11.2. The van der Waals surface area contributed by atoms with Crippen LogP contribution in [0.2, 0.25) is 10.0 Å². The molecule has 1 N–H and O–H groups in total. The SMILES string of the molecule is Cc1cc(OCCCn2cc(N(Cc3cccc(Cl)c3)c3cccc(C(C)C)c3)cc2C(=O)O)cc(C)c1Cl. The van der Waals surface area contributed by atoms with E-state index in [4.69, 9.17) is 27.9 Å². The van der Waals surface area contributed by atoms with Crippen LogP contribution in [0.15, 0.2) is 72.9 Å². The Hall–Kier alpha value is -3.41. The van der Waals surface area contributed by atoms with Gasteiger partial charge in [-0.15, -0.1) is 0 Å². The van der Waals surface area contributed by atoms with Crippen LogP contribution in [0.3, 0.4) is 0 Å². The molecule has 0 atom stereocenters. The second-order valence-electron chi connectivity index (χ2n) is 10.1. The number of aromatic nitrogens is 1. The molecule has 4 aromatic rings. The molecule has 1 aromatic heterocycles. The zero-order chi connectivity index (χ0) is 28.1. The summed E-state index contributed by atoms with van der Waals surface area (Å²) in [5, 5.41) is 11.4. The Morgan fingerprint density at radius 2 is 1.69 bits per heavy atom. The fraction of sp³-hybridized carbons (Fsp3) is 0.281. The van der Waals surface area contributed by atoms with Gasteiger partial charge < -0.3 is 19.3 Å². The number of anilines is 2. The molecular formula is C32H34Cl2N2O3. The molecule has 0 fully saturated rings. The lowest BCUT2D eigenvalue weighted by molar-refractivity contribution is 0.0684. The number of halogens is 2. The van der Waals surface area contributed by atoms with Crippen LogP contribution >= 0.6 is 23.2 Å². The number of nitrogens with zero attached hydrogens (tertiary/aromatic N) is 2. The van der Waals surface area contributed by atoms with Gasteiger partial charge in [0.05, 0.1) is 12.3 Å². The zero-order valence-corrected chi connectivity index (χ0v) is 24.3. The summed E-state index contributed by atoms with van der Waals surface area (Å²) >= 11 is 12.5. The van der Waals surface area contributed by atoms with E-state index in [0.717, 1.165) is 38.8 Å². The van der Waals surface area contributed by atoms with Crippen molar-refractivity contribution in [2.45, 2.75) is 53.1 Å². The maximum atomic E-state index is 12.2. The van der Waals surface area contributed by atoms with E-state index in [2.05, 4.69) is 36.9 Å². The van der Waals surface area contributed by atoms with Crippen LogP contribution in [-0.4, -0.2) is 22.2 Å². The number of carboxylic acid groups (broad SMARTS) is 1. The number of carbonyl (C=O) groups is 1. The van der Waals surface area contributed by atoms with Gasteiger partial charge in [0.2, 0.25) is 0 Å². The van der Waals surface area contributed by atoms with Gasteiger partial charge in [-0.05, 0) is 90.9 Å². The smallest absolute Gasteiger partial charge is 0.352 e. The van der Waals surface area contributed by atoms with Gasteiger partial charge in [-0.25, -0.2) is 4.79 Å². The van der Waals surface area contributed by atoms with Crippen molar-refractivity contribution in [3.63, 3.8) is 0 Å². The Balaban J connectivity index is 1.59. The molecule has 0 saturated carbocycles. The number of ether oxygens (including phenoxy) is 1. The van der Waals surface area contributed by atoms with Crippen LogP contribution in [0.25, 0.3) is 0 Å². The van der Waals surface area contributed by atoms with Crippen LogP contribution in [0.5, 0.6) is 5.75 Å². The summed E-state index contributed by atoms with van der Waals surface area (Å²) < 4.78 is 7.74. The Labute approximate surface area is 240 Å². The standard InChI is InChI=1S/C32H34Cl2N2O3/c1-21(2)25-9-6-11-27(17-25)36(19-24-8-5-10-26(33)16-24)28-18-30(32(37)38)35(20-28)12-7-13-39-29-14-22(3)31(34)23(4)15-29/h5-6,8-11,14-18,20-21H,7,12-13,19H2,1-4H3,(H,37,38). The Morgan fingerprint density at radius 3 is 2.36 bits per heavy atom. The predicted octanol–water partition coefficient (Wildman–Crippen LogP) is 9.04. The Kier molecular flexibility index (Phi) is 9.26. The van der Waals surface area contributed by atoms with Crippen LogP contribution in [0, 0.1) is 13.8 Å². The molecule has 0 amide bonds. The van der Waals surface area contributed by atoms with Gasteiger partial charge >= 0.3 is 5.97 Å². The summed E-state index contributed by atoms with van der Waals surface area (Å²) in [7, 11) is 0. The predicted molar refractivity (Wildman–Crippen MR) is 160 cm³/mol. The van der Waals surface area contributed by atoms with E-state index in [1.807, 2.05) is 62.5 Å². The molecule has 0 aliphatic carbocycles. The van der Waals surface area contributed by atoms with Gasteiger partial charge in [0.25, 0.3) is 0 Å². The molecular weight excluding hydrogens is 531 g/mol. The minimum Gasteiger partial charge on any atom is -0.494 e. The second-order valence-corrected chi connectivity index (χ2v) is 10.9. The van der Waals surface area contributed by atoms with Crippen molar-refractivity contribution < 1.29 is 14.6 Å². The van der Waals surface area contributed by atoms with Gasteiger partial charge in [0.15, 0.2) is 0 Å². The van der Waals surface area contributed by atoms with Gasteiger partial charge in [0, 0.05) is 35.0 Å². The van der Waals surface area contributed by atoms with Crippen LogP contribution in [0.1, 0.15) is 58.9 Å². The molecule has 0 saturated heterocycles. The molecule has 5 nitrogen and oxygen atoms in total. The number of carboxylic acids is 1. The molecule has 1 heterocycles. The first-order valence-electron chi connectivity index (χ1n) is 13.1. The fourth-order valence-corrected chi connectivity index (χ4v) is 4.94. The molecule has 204 valence electrons. The minimum atomic E-state index is -0.968. The van der Waals surface area contributed by atoms with Gasteiger partial charge in [-0.1, -0.05) is 61.3 Å². The maximum Gasteiger partial charge on any atom is 0.352 e. The number of benzene rings is 3. The van der Waals surface area contributed by atoms with Crippen LogP contribution in [0.4, 0.5) is 11.4 Å². The maximum absolute atomic E-state index is 12.2. The Morgan fingerprint density at radius 1 is 0.974 bits per heavy atom. The van der Waals surface area contributed by atoms with E-state index in [9.17, 15) is 9.90 Å². The third kappa shape index (κ3) is 7.17. The highest BCUT2D eigenvalue weighted by Crippen LogP contribution is 2.32. The molecule has 0 aliphatic heterocycles. The Bertz CT molecular complexity index is 1440. The van der Waals surface area contributed by atoms with Gasteiger partial charge in [0.1, 0.15) is 11.4 Å². The molecule has 3 aromatic carbocycles. The summed E-state index contributed by atoms with van der Waals surface area (Å²) in [6.07, 6.45) is 2.55. The quantitative estimate of drug-likeness (QED) is 0.184. The third-order valence-electron chi connectivity index (χ3n) is 6.71. The van der Waals surface area contributed by atoms with Crippen molar-refractivity contribution in [1.29, 1.82) is 0 Å². The van der Waals surface area contributed by atoms with Crippen molar-refractivity contribution in [3.8, 4) is 5.75 Å². The lowest BCUT2D eigenvalue weighted by atomic mass is 10.0. The summed E-state index contributed by atoms with van der Waals surface area (Å²) in [5.41, 5.74) is 6.22. The highest BCUT2D eigenvalue weighted by atomic mass is 35.5. The van der Waals surface area contributed by atoms with Crippen molar-refractivity contribution in [1.82, 2.24) is 4.57 Å². The van der Waals surface area contributed by atoms with Crippen molar-refractivity contribution in [3.05, 3.63) is 111 Å². The first kappa shape index (κ1) is 28.6. The van der Waals surface area contributed by atoms with Crippen molar-refractivity contribution in [2.24, 2.45) is 0 Å². The lowest BCUT2D eigenvalue weighted by Gasteiger charge is -2.25. The number of hydrogen-bond donors (Lipinski definition) is 1. The lowest BCUT2D eigenvalue weighted by Crippen LogP contribution is -2.16. The molecule has 0 aliphatic rings. The first-order valence-corrected chi connectivity index (χ1v) is 13.8. The average Bonchev–Trinajstić information content (AvgIpc) is 3.32. The van der Waals surface area contributed by atoms with Gasteiger partial charge in [-0.2, -0.15) is 0 Å². The third-order valence-corrected chi connectivity index (χ3v) is 7.54. The first-order chi connectivity index (χ1) is 18.6. The number of hydrogen-bond acceptors (Lipinski definition) is 3. The van der Waals surface area contributed by atoms with Crippen molar-refractivity contribution >= 4 is 40.5 Å². The van der Waals surface area contributed by atoms with Crippen molar-refractivity contribution in [2.75, 3.05) is 11.5 Å². The monoisotopic (exact) mass is 564 g/mol. The highest BCUT2D eigenvalue weighted by molar-refractivity contribution is 6.32. The van der Waals surface area contributed by atoms with E-state index in [-0.39, 0.29) is 5.69 Å². The van der Waals surface area contributed by atoms with Crippen LogP contribution < -0.4 is 9.64 Å². The molecule has 7 heteroatoms. The minimum absolute atomic E-state index is 0.235. The molecule has 0 spiro atoms. The summed E-state index contributed by atoms with van der Waals surface area (Å²) in [5.74, 6) is 0.161. The summed E-state index contributed by atoms with van der Waals surface area (Å²) in [6, 6.07) is 21.7. The van der Waals surface area contributed by atoms with Crippen LogP contribution in [-0.2, 0) is 13.1 Å². The number of aromatic carboxylic acids is 1. The largest absolute Gasteiger partial charge is 0.494 e. The number of aryl methyl sites for hydroxylation is 3. The second kappa shape index (κ2) is 12.6. The summed E-state index contributed by atoms with van der Waals surface area (Å²) in [6.45, 7) is 9.73. The number of rotatable bonds is 11. The van der Waals surface area contributed by atoms with E-state index in [0.29, 0.717) is 37.1 Å². The van der Waals surface area contributed by atoms with E-state index in [1.165, 1.54) is 5.56 Å². The van der Waals surface area contributed by atoms with E-state index >= 15 is 0 Å². The topological polar surface area (TPSA) is 54.7 Å². The highest BCUT2D eigenvalue weighted by Gasteiger charge is 2.19. The molecule has 4 rings (SSSR count). The van der Waals surface area contributed by atoms with E-state index in [1.54, 1.807) is 10.6 Å². The zero-order valence-electron chi connectivity index (χ0n) is 22.7.